The predicted molar refractivity (Wildman–Crippen MR) is 70.4 cm³/mol. The zero-order valence-corrected chi connectivity index (χ0v) is 11.5. The van der Waals surface area contributed by atoms with Crippen LogP contribution in [-0.2, 0) is 6.18 Å². The molecule has 7 heteroatoms. The lowest BCUT2D eigenvalue weighted by Crippen LogP contribution is -2.31. The number of anilines is 1. The van der Waals surface area contributed by atoms with Gasteiger partial charge in [-0.15, -0.1) is 0 Å². The highest BCUT2D eigenvalue weighted by atomic mass is 32.2. The zero-order chi connectivity index (χ0) is 13.9. The van der Waals surface area contributed by atoms with Crippen LogP contribution in [-0.4, -0.2) is 34.6 Å². The average molecular weight is 291 g/mol. The third kappa shape index (κ3) is 3.75. The molecule has 0 spiro atoms. The van der Waals surface area contributed by atoms with Crippen LogP contribution in [0.1, 0.15) is 25.0 Å². The lowest BCUT2D eigenvalue weighted by Gasteiger charge is -2.23. The Morgan fingerprint density at radius 3 is 2.84 bits per heavy atom. The van der Waals surface area contributed by atoms with E-state index in [1.165, 1.54) is 6.20 Å². The molecule has 0 radical (unpaired) electrons. The Bertz CT molecular complexity index is 425. The van der Waals surface area contributed by atoms with Gasteiger partial charge in [0.1, 0.15) is 5.69 Å². The Labute approximate surface area is 114 Å². The number of thioether (sulfide) groups is 1. The van der Waals surface area contributed by atoms with Crippen LogP contribution < -0.4 is 4.90 Å². The number of halogens is 3. The van der Waals surface area contributed by atoms with E-state index in [2.05, 4.69) is 9.97 Å². The van der Waals surface area contributed by atoms with Crippen molar-refractivity contribution in [3.05, 3.63) is 18.0 Å². The Balaban J connectivity index is 2.20. The molecule has 2 rings (SSSR count). The molecule has 0 amide bonds. The molecule has 19 heavy (non-hydrogen) atoms. The summed E-state index contributed by atoms with van der Waals surface area (Å²) in [6.07, 6.45) is 1.96. The highest BCUT2D eigenvalue weighted by molar-refractivity contribution is 7.99. The number of hydrogen-bond donors (Lipinski definition) is 0. The average Bonchev–Trinajstić information content (AvgIpc) is 2.63. The topological polar surface area (TPSA) is 29.0 Å². The molecule has 1 aromatic heterocycles. The predicted octanol–water partition coefficient (Wildman–Crippen LogP) is 3.22. The van der Waals surface area contributed by atoms with Gasteiger partial charge >= 0.3 is 6.18 Å². The monoisotopic (exact) mass is 291 g/mol. The summed E-state index contributed by atoms with van der Waals surface area (Å²) in [7, 11) is 0. The molecule has 0 saturated carbocycles. The van der Waals surface area contributed by atoms with Gasteiger partial charge in [-0.25, -0.2) is 9.97 Å². The molecule has 3 nitrogen and oxygen atoms in total. The lowest BCUT2D eigenvalue weighted by molar-refractivity contribution is -0.141. The molecule has 1 aliphatic heterocycles. The molecule has 1 unspecified atom stereocenters. The zero-order valence-electron chi connectivity index (χ0n) is 10.7. The number of nitrogens with zero attached hydrogens (tertiary/aromatic N) is 3. The van der Waals surface area contributed by atoms with Gasteiger partial charge in [-0.2, -0.15) is 24.9 Å². The van der Waals surface area contributed by atoms with E-state index in [1.54, 1.807) is 11.8 Å². The largest absolute Gasteiger partial charge is 0.433 e. The van der Waals surface area contributed by atoms with Crippen molar-refractivity contribution in [1.82, 2.24) is 9.97 Å². The minimum absolute atomic E-state index is 0.191. The van der Waals surface area contributed by atoms with Crippen LogP contribution in [0.25, 0.3) is 0 Å². The molecule has 0 aliphatic carbocycles. The van der Waals surface area contributed by atoms with Crippen molar-refractivity contribution < 1.29 is 13.2 Å². The second-order valence-electron chi connectivity index (χ2n) is 4.54. The van der Waals surface area contributed by atoms with E-state index < -0.39 is 11.9 Å². The minimum atomic E-state index is -4.41. The van der Waals surface area contributed by atoms with Gasteiger partial charge in [0.15, 0.2) is 0 Å². The summed E-state index contributed by atoms with van der Waals surface area (Å²) in [5, 5.41) is 0.431. The van der Waals surface area contributed by atoms with Crippen LogP contribution in [0, 0.1) is 0 Å². The van der Waals surface area contributed by atoms with Gasteiger partial charge < -0.3 is 4.90 Å². The molecular weight excluding hydrogens is 275 g/mol. The van der Waals surface area contributed by atoms with Crippen LogP contribution >= 0.6 is 11.8 Å². The van der Waals surface area contributed by atoms with Crippen molar-refractivity contribution in [3.8, 4) is 0 Å². The first-order valence-electron chi connectivity index (χ1n) is 6.18. The quantitative estimate of drug-likeness (QED) is 0.836. The maximum Gasteiger partial charge on any atom is 0.433 e. The third-order valence-corrected chi connectivity index (χ3v) is 4.23. The van der Waals surface area contributed by atoms with E-state index in [1.807, 2.05) is 11.2 Å². The summed E-state index contributed by atoms with van der Waals surface area (Å²) in [5.41, 5.74) is -0.873. The molecule has 1 atom stereocenters. The molecule has 0 bridgehead atoms. The standard InChI is InChI=1S/C12H16F3N3S/c1-19-9-4-2-3-7-18(8-9)11-16-6-5-10(17-11)12(13,14)15/h5-6,9H,2-4,7-8H2,1H3. The van der Waals surface area contributed by atoms with E-state index >= 15 is 0 Å². The lowest BCUT2D eigenvalue weighted by atomic mass is 10.2. The van der Waals surface area contributed by atoms with Gasteiger partial charge in [-0.1, -0.05) is 6.42 Å². The third-order valence-electron chi connectivity index (χ3n) is 3.18. The summed E-state index contributed by atoms with van der Waals surface area (Å²) in [6.45, 7) is 1.43. The number of rotatable bonds is 2. The summed E-state index contributed by atoms with van der Waals surface area (Å²) in [4.78, 5) is 9.52. The van der Waals surface area contributed by atoms with E-state index in [4.69, 9.17) is 0 Å². The van der Waals surface area contributed by atoms with Crippen LogP contribution in [0.15, 0.2) is 12.3 Å². The first-order valence-corrected chi connectivity index (χ1v) is 7.47. The molecule has 1 saturated heterocycles. The molecule has 2 heterocycles. The Morgan fingerprint density at radius 1 is 1.37 bits per heavy atom. The highest BCUT2D eigenvalue weighted by Gasteiger charge is 2.33. The van der Waals surface area contributed by atoms with Gasteiger partial charge in [0, 0.05) is 24.5 Å². The molecular formula is C12H16F3N3S. The molecule has 0 aromatic carbocycles. The molecule has 0 N–H and O–H groups in total. The Kier molecular flexibility index (Phi) is 4.54. The van der Waals surface area contributed by atoms with Crippen molar-refractivity contribution in [3.63, 3.8) is 0 Å². The number of alkyl halides is 3. The van der Waals surface area contributed by atoms with Crippen molar-refractivity contribution in [2.75, 3.05) is 24.2 Å². The van der Waals surface area contributed by atoms with Crippen molar-refractivity contribution in [1.29, 1.82) is 0 Å². The van der Waals surface area contributed by atoms with Crippen molar-refractivity contribution in [2.45, 2.75) is 30.7 Å². The van der Waals surface area contributed by atoms with Crippen LogP contribution in [0.2, 0.25) is 0 Å². The highest BCUT2D eigenvalue weighted by Crippen LogP contribution is 2.29. The van der Waals surface area contributed by atoms with Crippen LogP contribution in [0.4, 0.5) is 19.1 Å². The van der Waals surface area contributed by atoms with Crippen LogP contribution in [0.5, 0.6) is 0 Å². The first-order chi connectivity index (χ1) is 9.00. The van der Waals surface area contributed by atoms with Gasteiger partial charge in [0.05, 0.1) is 0 Å². The summed E-state index contributed by atoms with van der Waals surface area (Å²) in [6, 6.07) is 0.910. The SMILES string of the molecule is CSC1CCCCN(c2nccc(C(F)(F)F)n2)C1. The molecule has 1 fully saturated rings. The second kappa shape index (κ2) is 5.98. The second-order valence-corrected chi connectivity index (χ2v) is 5.68. The van der Waals surface area contributed by atoms with Crippen molar-refractivity contribution >= 4 is 17.7 Å². The minimum Gasteiger partial charge on any atom is -0.340 e. The molecule has 106 valence electrons. The van der Waals surface area contributed by atoms with E-state index in [0.717, 1.165) is 31.9 Å². The summed E-state index contributed by atoms with van der Waals surface area (Å²) < 4.78 is 37.9. The first kappa shape index (κ1) is 14.4. The fourth-order valence-electron chi connectivity index (χ4n) is 2.14. The maximum absolute atomic E-state index is 12.6. The molecule has 1 aliphatic rings. The summed E-state index contributed by atoms with van der Waals surface area (Å²) >= 11 is 1.75. The normalized spacial score (nSPS) is 21.3. The van der Waals surface area contributed by atoms with Crippen LogP contribution in [0.3, 0.4) is 0 Å². The van der Waals surface area contributed by atoms with E-state index in [0.29, 0.717) is 11.8 Å². The smallest absolute Gasteiger partial charge is 0.340 e. The Morgan fingerprint density at radius 2 is 2.16 bits per heavy atom. The van der Waals surface area contributed by atoms with Gasteiger partial charge in [0.2, 0.25) is 5.95 Å². The van der Waals surface area contributed by atoms with Gasteiger partial charge in [0.25, 0.3) is 0 Å². The number of hydrogen-bond acceptors (Lipinski definition) is 4. The fraction of sp³-hybridized carbons (Fsp3) is 0.667. The van der Waals surface area contributed by atoms with Gasteiger partial charge in [-0.05, 0) is 25.2 Å². The van der Waals surface area contributed by atoms with Crippen molar-refractivity contribution in [2.24, 2.45) is 0 Å². The van der Waals surface area contributed by atoms with E-state index in [9.17, 15) is 13.2 Å². The number of aromatic nitrogens is 2. The van der Waals surface area contributed by atoms with Gasteiger partial charge in [-0.3, -0.25) is 0 Å². The summed E-state index contributed by atoms with van der Waals surface area (Å²) in [5.74, 6) is 0.191. The Hall–Kier alpha value is -0.980. The fourth-order valence-corrected chi connectivity index (χ4v) is 2.87. The van der Waals surface area contributed by atoms with E-state index in [-0.39, 0.29) is 5.95 Å². The maximum atomic E-state index is 12.6. The molecule has 1 aromatic rings.